The summed E-state index contributed by atoms with van der Waals surface area (Å²) in [5.74, 6) is -0.243. The molecule has 0 aromatic heterocycles. The summed E-state index contributed by atoms with van der Waals surface area (Å²) in [6, 6.07) is 5.34. The molecule has 116 valence electrons. The number of amides is 1. The molecule has 1 saturated heterocycles. The van der Waals surface area contributed by atoms with Crippen molar-refractivity contribution in [2.75, 3.05) is 33.7 Å². The molecule has 1 heterocycles. The second-order valence-electron chi connectivity index (χ2n) is 5.03. The van der Waals surface area contributed by atoms with E-state index in [1.165, 1.54) is 21.3 Å². The molecule has 1 fully saturated rings. The quantitative estimate of drug-likeness (QED) is 0.870. The molecule has 6 nitrogen and oxygen atoms in total. The Balaban J connectivity index is 2.38. The highest BCUT2D eigenvalue weighted by Crippen LogP contribution is 2.22. The van der Waals surface area contributed by atoms with Gasteiger partial charge in [0.05, 0.1) is 4.90 Å². The van der Waals surface area contributed by atoms with Crippen LogP contribution in [0.1, 0.15) is 0 Å². The monoisotopic (exact) mass is 331 g/mol. The van der Waals surface area contributed by atoms with Gasteiger partial charge in [-0.2, -0.15) is 4.31 Å². The maximum absolute atomic E-state index is 12.7. The molecule has 1 unspecified atom stereocenters. The van der Waals surface area contributed by atoms with Gasteiger partial charge in [-0.15, -0.1) is 0 Å². The minimum atomic E-state index is -3.75. The average molecular weight is 332 g/mol. The number of halogens is 1. The van der Waals surface area contributed by atoms with Crippen molar-refractivity contribution in [3.63, 3.8) is 0 Å². The van der Waals surface area contributed by atoms with Crippen LogP contribution in [-0.4, -0.2) is 63.3 Å². The van der Waals surface area contributed by atoms with Crippen LogP contribution in [0.5, 0.6) is 0 Å². The highest BCUT2D eigenvalue weighted by atomic mass is 35.5. The van der Waals surface area contributed by atoms with Crippen LogP contribution >= 0.6 is 11.6 Å². The fourth-order valence-corrected chi connectivity index (χ4v) is 4.13. The summed E-state index contributed by atoms with van der Waals surface area (Å²) in [5, 5.41) is 3.40. The molecule has 21 heavy (non-hydrogen) atoms. The van der Waals surface area contributed by atoms with Gasteiger partial charge in [-0.1, -0.05) is 17.7 Å². The number of nitrogens with zero attached hydrogens (tertiary/aromatic N) is 2. The summed E-state index contributed by atoms with van der Waals surface area (Å²) in [4.78, 5) is 13.7. The van der Waals surface area contributed by atoms with E-state index in [1.807, 2.05) is 0 Å². The van der Waals surface area contributed by atoms with Crippen LogP contribution in [0, 0.1) is 0 Å². The average Bonchev–Trinajstić information content (AvgIpc) is 2.46. The van der Waals surface area contributed by atoms with E-state index in [0.717, 1.165) is 0 Å². The molecular formula is C13H18ClN3O3S. The first-order valence-electron chi connectivity index (χ1n) is 6.53. The Hall–Kier alpha value is -1.15. The predicted octanol–water partition coefficient (Wildman–Crippen LogP) is 0.391. The summed E-state index contributed by atoms with van der Waals surface area (Å²) >= 11 is 5.87. The Kier molecular flexibility index (Phi) is 4.88. The topological polar surface area (TPSA) is 69.7 Å². The van der Waals surface area contributed by atoms with E-state index < -0.39 is 16.1 Å². The minimum Gasteiger partial charge on any atom is -0.347 e. The number of likely N-dealkylation sites (N-methyl/N-ethyl adjacent to an activating group) is 1. The van der Waals surface area contributed by atoms with Gasteiger partial charge in [-0.05, 0) is 18.2 Å². The summed E-state index contributed by atoms with van der Waals surface area (Å²) in [7, 11) is -0.526. The van der Waals surface area contributed by atoms with Gasteiger partial charge in [0.1, 0.15) is 6.04 Å². The number of hydrogen-bond donors (Lipinski definition) is 1. The lowest BCUT2D eigenvalue weighted by atomic mass is 10.2. The van der Waals surface area contributed by atoms with Crippen molar-refractivity contribution in [3.8, 4) is 0 Å². The Bertz CT molecular complexity index is 633. The van der Waals surface area contributed by atoms with Crippen LogP contribution in [0.2, 0.25) is 5.02 Å². The SMILES string of the molecule is CN(C)C(=O)C1CNCCN1S(=O)(=O)c1cccc(Cl)c1. The molecule has 1 aliphatic heterocycles. The first-order chi connectivity index (χ1) is 9.84. The van der Waals surface area contributed by atoms with E-state index in [4.69, 9.17) is 11.6 Å². The van der Waals surface area contributed by atoms with E-state index in [1.54, 1.807) is 26.2 Å². The summed E-state index contributed by atoms with van der Waals surface area (Å²) in [6.45, 7) is 1.06. The zero-order valence-electron chi connectivity index (χ0n) is 11.9. The Morgan fingerprint density at radius 2 is 2.14 bits per heavy atom. The number of piperazine rings is 1. The van der Waals surface area contributed by atoms with E-state index >= 15 is 0 Å². The van der Waals surface area contributed by atoms with Gasteiger partial charge in [-0.25, -0.2) is 8.42 Å². The summed E-state index contributed by atoms with van der Waals surface area (Å²) in [6.07, 6.45) is 0. The molecule has 0 saturated carbocycles. The van der Waals surface area contributed by atoms with Crippen LogP contribution < -0.4 is 5.32 Å². The second-order valence-corrected chi connectivity index (χ2v) is 7.35. The van der Waals surface area contributed by atoms with E-state index in [9.17, 15) is 13.2 Å². The molecule has 1 atom stereocenters. The van der Waals surface area contributed by atoms with Crippen molar-refractivity contribution >= 4 is 27.5 Å². The van der Waals surface area contributed by atoms with Gasteiger partial charge in [0.2, 0.25) is 15.9 Å². The van der Waals surface area contributed by atoms with Gasteiger partial charge < -0.3 is 10.2 Å². The molecule has 1 aromatic rings. The second kappa shape index (κ2) is 6.31. The van der Waals surface area contributed by atoms with Gasteiger partial charge >= 0.3 is 0 Å². The third kappa shape index (κ3) is 3.37. The Morgan fingerprint density at radius 1 is 1.43 bits per heavy atom. The molecule has 1 N–H and O–H groups in total. The number of carbonyl (C=O) groups is 1. The molecule has 0 bridgehead atoms. The molecule has 0 aliphatic carbocycles. The van der Waals surface area contributed by atoms with Crippen LogP contribution in [0.3, 0.4) is 0 Å². The van der Waals surface area contributed by atoms with Crippen molar-refractivity contribution in [2.45, 2.75) is 10.9 Å². The summed E-state index contributed by atoms with van der Waals surface area (Å²) < 4.78 is 26.7. The first kappa shape index (κ1) is 16.2. The zero-order chi connectivity index (χ0) is 15.6. The number of nitrogens with one attached hydrogen (secondary N) is 1. The van der Waals surface area contributed by atoms with Crippen LogP contribution in [0.15, 0.2) is 29.2 Å². The largest absolute Gasteiger partial charge is 0.347 e. The third-order valence-electron chi connectivity index (χ3n) is 3.32. The van der Waals surface area contributed by atoms with Crippen molar-refractivity contribution in [1.82, 2.24) is 14.5 Å². The van der Waals surface area contributed by atoms with Crippen molar-refractivity contribution < 1.29 is 13.2 Å². The van der Waals surface area contributed by atoms with E-state index in [2.05, 4.69) is 5.32 Å². The van der Waals surface area contributed by atoms with Crippen molar-refractivity contribution in [2.24, 2.45) is 0 Å². The maximum Gasteiger partial charge on any atom is 0.243 e. The fourth-order valence-electron chi connectivity index (χ4n) is 2.24. The fraction of sp³-hybridized carbons (Fsp3) is 0.462. The number of rotatable bonds is 3. The Morgan fingerprint density at radius 3 is 2.76 bits per heavy atom. The summed E-state index contributed by atoms with van der Waals surface area (Å²) in [5.41, 5.74) is 0. The maximum atomic E-state index is 12.7. The Labute approximate surface area is 129 Å². The molecule has 8 heteroatoms. The predicted molar refractivity (Wildman–Crippen MR) is 80.7 cm³/mol. The first-order valence-corrected chi connectivity index (χ1v) is 8.35. The highest BCUT2D eigenvalue weighted by molar-refractivity contribution is 7.89. The van der Waals surface area contributed by atoms with Crippen LogP contribution in [-0.2, 0) is 14.8 Å². The lowest BCUT2D eigenvalue weighted by Crippen LogP contribution is -2.59. The standard InChI is InChI=1S/C13H18ClN3O3S/c1-16(2)13(18)12-9-15-6-7-17(12)21(19,20)11-5-3-4-10(14)8-11/h3-5,8,12,15H,6-7,9H2,1-2H3. The van der Waals surface area contributed by atoms with Gasteiger partial charge in [0.25, 0.3) is 0 Å². The number of sulfonamides is 1. The number of carbonyl (C=O) groups excluding carboxylic acids is 1. The van der Waals surface area contributed by atoms with Gasteiger partial charge in [0, 0.05) is 38.8 Å². The minimum absolute atomic E-state index is 0.105. The number of benzene rings is 1. The smallest absolute Gasteiger partial charge is 0.243 e. The van der Waals surface area contributed by atoms with Gasteiger partial charge in [0.15, 0.2) is 0 Å². The number of hydrogen-bond acceptors (Lipinski definition) is 4. The lowest BCUT2D eigenvalue weighted by Gasteiger charge is -2.35. The lowest BCUT2D eigenvalue weighted by molar-refractivity contribution is -0.133. The van der Waals surface area contributed by atoms with Crippen molar-refractivity contribution in [3.05, 3.63) is 29.3 Å². The van der Waals surface area contributed by atoms with Gasteiger partial charge in [-0.3, -0.25) is 4.79 Å². The van der Waals surface area contributed by atoms with E-state index in [-0.39, 0.29) is 17.3 Å². The zero-order valence-corrected chi connectivity index (χ0v) is 13.5. The van der Waals surface area contributed by atoms with Crippen LogP contribution in [0.25, 0.3) is 0 Å². The highest BCUT2D eigenvalue weighted by Gasteiger charge is 2.38. The molecule has 2 rings (SSSR count). The molecule has 1 aliphatic rings. The molecule has 0 radical (unpaired) electrons. The van der Waals surface area contributed by atoms with E-state index in [0.29, 0.717) is 18.1 Å². The third-order valence-corrected chi connectivity index (χ3v) is 5.46. The normalized spacial score (nSPS) is 20.2. The molecule has 1 aromatic carbocycles. The molecule has 1 amide bonds. The molecule has 0 spiro atoms. The molecular weight excluding hydrogens is 314 g/mol. The van der Waals surface area contributed by atoms with Crippen molar-refractivity contribution in [1.29, 1.82) is 0 Å². The van der Waals surface area contributed by atoms with Crippen LogP contribution in [0.4, 0.5) is 0 Å².